The number of nitrogens with two attached hydrogens (primary N) is 1. The van der Waals surface area contributed by atoms with Gasteiger partial charge < -0.3 is 21.5 Å². The second kappa shape index (κ2) is 16.4. The third kappa shape index (κ3) is 9.57. The summed E-state index contributed by atoms with van der Waals surface area (Å²) in [5.41, 5.74) is 6.59. The Labute approximate surface area is 275 Å². The highest BCUT2D eigenvalue weighted by atomic mass is 32.2. The number of carbonyl (C=O) groups is 2. The summed E-state index contributed by atoms with van der Waals surface area (Å²) in [6, 6.07) is 18.8. The van der Waals surface area contributed by atoms with Crippen molar-refractivity contribution in [2.24, 2.45) is 5.92 Å². The normalized spacial score (nSPS) is 13.1. The maximum Gasteiger partial charge on any atom is 0.253 e. The van der Waals surface area contributed by atoms with E-state index >= 15 is 0 Å². The van der Waals surface area contributed by atoms with Gasteiger partial charge in [-0.05, 0) is 65.4 Å². The van der Waals surface area contributed by atoms with Crippen LogP contribution in [0.4, 0.5) is 10.1 Å². The van der Waals surface area contributed by atoms with E-state index in [4.69, 9.17) is 5.73 Å². The maximum atomic E-state index is 13.7. The Bertz CT molecular complexity index is 1770. The summed E-state index contributed by atoms with van der Waals surface area (Å²) in [6.07, 6.45) is 4.59. The van der Waals surface area contributed by atoms with Crippen LogP contribution in [0, 0.1) is 11.7 Å². The Morgan fingerprint density at radius 3 is 2.45 bits per heavy atom. The maximum absolute atomic E-state index is 13.7. The molecule has 0 saturated heterocycles. The number of fused-ring (bicyclic) bond motifs is 1. The van der Waals surface area contributed by atoms with Crippen LogP contribution in [-0.2, 0) is 21.2 Å². The topological polar surface area (TPSA) is 155 Å². The van der Waals surface area contributed by atoms with Gasteiger partial charge >= 0.3 is 0 Å². The molecule has 4 aromatic rings. The largest absolute Gasteiger partial charge is 0.396 e. The molecule has 0 saturated carbocycles. The number of nitrogens with one attached hydrogen (secondary N) is 2. The summed E-state index contributed by atoms with van der Waals surface area (Å²) in [6.45, 7) is 3.75. The molecule has 0 radical (unpaired) electrons. The van der Waals surface area contributed by atoms with Crippen LogP contribution in [0.15, 0.2) is 90.1 Å². The van der Waals surface area contributed by atoms with E-state index in [9.17, 15) is 27.5 Å². The van der Waals surface area contributed by atoms with Crippen molar-refractivity contribution in [2.45, 2.75) is 56.5 Å². The summed E-state index contributed by atoms with van der Waals surface area (Å²) in [5, 5.41) is 18.1. The van der Waals surface area contributed by atoms with Gasteiger partial charge in [0.25, 0.3) is 5.91 Å². The number of pyridine rings is 1. The van der Waals surface area contributed by atoms with Crippen molar-refractivity contribution >= 4 is 38.3 Å². The number of hydrogen-bond donors (Lipinski definition) is 4. The predicted octanol–water partition coefficient (Wildman–Crippen LogP) is 4.29. The van der Waals surface area contributed by atoms with Crippen LogP contribution in [0.3, 0.4) is 0 Å². The molecule has 0 aliphatic carbocycles. The van der Waals surface area contributed by atoms with Gasteiger partial charge in [-0.15, -0.1) is 0 Å². The molecule has 1 heterocycles. The van der Waals surface area contributed by atoms with E-state index < -0.39 is 40.4 Å². The van der Waals surface area contributed by atoms with Gasteiger partial charge in [0.1, 0.15) is 11.9 Å². The first kappa shape index (κ1) is 35.5. The zero-order valence-corrected chi connectivity index (χ0v) is 27.4. The van der Waals surface area contributed by atoms with Crippen LogP contribution in [-0.4, -0.2) is 66.4 Å². The standard InChI is InChI=1S/C35H42FN5O5S/c1-24(2)22-41(47(45,46)30-14-15-31(36)32(37)20-30)29(23-42)11-5-6-17-39-35(44)33(40-34(43)28-10-7-16-38-21-28)19-25-12-13-26-8-3-4-9-27(26)18-25/h3-4,7-10,12-16,18,20-21,24,29,33,42H,5-6,11,17,19,22-23,37H2,1-2H3,(H,39,44)(H,40,43)/t29-,33-/m0/s1. The number of halogens is 1. The number of nitrogens with zero attached hydrogens (tertiary/aromatic N) is 2. The first-order valence-corrected chi connectivity index (χ1v) is 17.1. The summed E-state index contributed by atoms with van der Waals surface area (Å²) in [5.74, 6) is -1.53. The lowest BCUT2D eigenvalue weighted by Gasteiger charge is -2.31. The number of anilines is 1. The first-order valence-electron chi connectivity index (χ1n) is 15.6. The number of nitrogen functional groups attached to an aromatic ring is 1. The molecule has 0 aliphatic rings. The van der Waals surface area contributed by atoms with E-state index in [0.717, 1.165) is 28.5 Å². The number of aliphatic hydroxyl groups excluding tert-OH is 1. The van der Waals surface area contributed by atoms with Gasteiger partial charge in [0.2, 0.25) is 15.9 Å². The Kier molecular flexibility index (Phi) is 12.4. The van der Waals surface area contributed by atoms with Crippen LogP contribution in [0.5, 0.6) is 0 Å². The molecule has 250 valence electrons. The lowest BCUT2D eigenvalue weighted by molar-refractivity contribution is -0.122. The lowest BCUT2D eigenvalue weighted by Crippen LogP contribution is -2.48. The van der Waals surface area contributed by atoms with Gasteiger partial charge in [0.05, 0.1) is 22.8 Å². The van der Waals surface area contributed by atoms with Crippen molar-refractivity contribution in [1.82, 2.24) is 19.9 Å². The number of aromatic nitrogens is 1. The molecule has 1 aromatic heterocycles. The molecule has 4 rings (SSSR count). The van der Waals surface area contributed by atoms with E-state index in [1.165, 1.54) is 16.6 Å². The summed E-state index contributed by atoms with van der Waals surface area (Å²) in [4.78, 5) is 30.2. The van der Waals surface area contributed by atoms with Gasteiger partial charge in [0.15, 0.2) is 0 Å². The summed E-state index contributed by atoms with van der Waals surface area (Å²) in [7, 11) is -4.08. The fourth-order valence-corrected chi connectivity index (χ4v) is 7.18. The van der Waals surface area contributed by atoms with Crippen LogP contribution in [0.2, 0.25) is 0 Å². The Morgan fingerprint density at radius 1 is 1.00 bits per heavy atom. The minimum absolute atomic E-state index is 0.0441. The van der Waals surface area contributed by atoms with Gasteiger partial charge in [-0.2, -0.15) is 4.31 Å². The quantitative estimate of drug-likeness (QED) is 0.103. The van der Waals surface area contributed by atoms with E-state index in [0.29, 0.717) is 24.8 Å². The molecule has 0 bridgehead atoms. The van der Waals surface area contributed by atoms with E-state index in [-0.39, 0.29) is 41.9 Å². The van der Waals surface area contributed by atoms with Crippen LogP contribution < -0.4 is 16.4 Å². The average Bonchev–Trinajstić information content (AvgIpc) is 3.06. The number of hydrogen-bond acceptors (Lipinski definition) is 7. The summed E-state index contributed by atoms with van der Waals surface area (Å²) >= 11 is 0. The van der Waals surface area contributed by atoms with Crippen molar-refractivity contribution in [3.8, 4) is 0 Å². The predicted molar refractivity (Wildman–Crippen MR) is 180 cm³/mol. The molecule has 5 N–H and O–H groups in total. The van der Waals surface area contributed by atoms with Gasteiger partial charge in [-0.1, -0.05) is 62.7 Å². The van der Waals surface area contributed by atoms with E-state index in [1.54, 1.807) is 18.3 Å². The van der Waals surface area contributed by atoms with Gasteiger partial charge in [0, 0.05) is 37.9 Å². The monoisotopic (exact) mass is 663 g/mol. The molecular formula is C35H42FN5O5S. The molecule has 12 heteroatoms. The zero-order valence-electron chi connectivity index (χ0n) is 26.6. The van der Waals surface area contributed by atoms with Crippen molar-refractivity contribution in [2.75, 3.05) is 25.4 Å². The highest BCUT2D eigenvalue weighted by Crippen LogP contribution is 2.25. The smallest absolute Gasteiger partial charge is 0.253 e. The van der Waals surface area contributed by atoms with Gasteiger partial charge in [-0.3, -0.25) is 14.6 Å². The lowest BCUT2D eigenvalue weighted by atomic mass is 10.0. The van der Waals surface area contributed by atoms with Crippen LogP contribution in [0.1, 0.15) is 49.0 Å². The molecule has 0 aliphatic heterocycles. The second-order valence-electron chi connectivity index (χ2n) is 11.9. The first-order chi connectivity index (χ1) is 22.5. The van der Waals surface area contributed by atoms with Crippen molar-refractivity contribution in [1.29, 1.82) is 0 Å². The molecule has 2 atom stereocenters. The minimum Gasteiger partial charge on any atom is -0.396 e. The molecular weight excluding hydrogens is 621 g/mol. The Hall–Kier alpha value is -4.39. The highest BCUT2D eigenvalue weighted by molar-refractivity contribution is 7.89. The number of aliphatic hydroxyl groups is 1. The van der Waals surface area contributed by atoms with Crippen LogP contribution >= 0.6 is 0 Å². The Morgan fingerprint density at radius 2 is 1.77 bits per heavy atom. The number of rotatable bonds is 16. The molecule has 0 spiro atoms. The third-order valence-corrected chi connectivity index (χ3v) is 9.71. The van der Waals surface area contributed by atoms with Crippen molar-refractivity contribution in [3.63, 3.8) is 0 Å². The number of carbonyl (C=O) groups excluding carboxylic acids is 2. The van der Waals surface area contributed by atoms with Crippen molar-refractivity contribution < 1.29 is 27.5 Å². The molecule has 3 aromatic carbocycles. The van der Waals surface area contributed by atoms with E-state index in [1.807, 2.05) is 56.3 Å². The number of sulfonamides is 1. The fourth-order valence-electron chi connectivity index (χ4n) is 5.34. The Balaban J connectivity index is 1.40. The molecule has 2 amide bonds. The average molecular weight is 664 g/mol. The minimum atomic E-state index is -4.08. The highest BCUT2D eigenvalue weighted by Gasteiger charge is 2.32. The molecule has 10 nitrogen and oxygen atoms in total. The zero-order chi connectivity index (χ0) is 34.0. The SMILES string of the molecule is CC(C)CN([C@H](CO)CCCCNC(=O)[C@H](Cc1ccc2ccccc2c1)NC(=O)c1cccnc1)S(=O)(=O)c1ccc(F)c(N)c1. The van der Waals surface area contributed by atoms with E-state index in [2.05, 4.69) is 15.6 Å². The summed E-state index contributed by atoms with van der Waals surface area (Å²) < 4.78 is 42.1. The van der Waals surface area contributed by atoms with Crippen molar-refractivity contribution in [3.05, 3.63) is 102 Å². The molecule has 0 unspecified atom stereocenters. The number of benzene rings is 3. The second-order valence-corrected chi connectivity index (χ2v) is 13.8. The molecule has 0 fully saturated rings. The fraction of sp³-hybridized carbons (Fsp3) is 0.343. The third-order valence-electron chi connectivity index (χ3n) is 7.80. The van der Waals surface area contributed by atoms with Crippen LogP contribution in [0.25, 0.3) is 10.8 Å². The van der Waals surface area contributed by atoms with Gasteiger partial charge in [-0.25, -0.2) is 12.8 Å². The number of unbranched alkanes of at least 4 members (excludes halogenated alkanes) is 1. The molecule has 47 heavy (non-hydrogen) atoms. The number of amides is 2.